The molecule has 0 spiro atoms. The minimum atomic E-state index is -2.40. The van der Waals surface area contributed by atoms with E-state index in [1.807, 2.05) is 6.92 Å². The Kier molecular flexibility index (Phi) is 24.7. The molecule has 0 saturated heterocycles. The van der Waals surface area contributed by atoms with Gasteiger partial charge in [-0.1, -0.05) is 141 Å². The summed E-state index contributed by atoms with van der Waals surface area (Å²) in [6, 6.07) is 0. The fraction of sp³-hybridized carbons (Fsp3) is 0.966. The molecule has 0 aliphatic heterocycles. The Bertz CT molecular complexity index is 552. The molecule has 5 atom stereocenters. The van der Waals surface area contributed by atoms with Crippen molar-refractivity contribution >= 4 is 27.1 Å². The summed E-state index contributed by atoms with van der Waals surface area (Å²) in [6.45, 7) is 5.79. The highest BCUT2D eigenvalue weighted by Crippen LogP contribution is 2.27. The zero-order valence-corrected chi connectivity index (χ0v) is 26.0. The van der Waals surface area contributed by atoms with Gasteiger partial charge in [0, 0.05) is 0 Å². The summed E-state index contributed by atoms with van der Waals surface area (Å²) in [5.41, 5.74) is -0.328. The van der Waals surface area contributed by atoms with Crippen LogP contribution in [0.1, 0.15) is 149 Å². The van der Waals surface area contributed by atoms with Crippen LogP contribution in [0.4, 0.5) is 0 Å². The highest BCUT2D eigenvalue weighted by atomic mass is 32.1. The third kappa shape index (κ3) is 20.4. The Labute approximate surface area is 234 Å². The average molecular weight is 566 g/mol. The normalized spacial score (nSPS) is 15.9. The Morgan fingerprint density at radius 1 is 0.811 bits per heavy atom. The van der Waals surface area contributed by atoms with Gasteiger partial charge in [0.15, 0.2) is 6.29 Å². The molecule has 0 aromatic heterocycles. The van der Waals surface area contributed by atoms with Crippen molar-refractivity contribution in [3.63, 3.8) is 0 Å². The summed E-state index contributed by atoms with van der Waals surface area (Å²) in [7, 11) is -1.42. The first-order valence-corrected chi connectivity index (χ1v) is 16.6. The van der Waals surface area contributed by atoms with Gasteiger partial charge in [-0.25, -0.2) is 4.79 Å². The first-order valence-electron chi connectivity index (χ1n) is 15.1. The minimum absolute atomic E-state index is 0.328. The van der Waals surface area contributed by atoms with Gasteiger partial charge >= 0.3 is 19.8 Å². The molecule has 220 valence electrons. The number of hydrogen-bond donors (Lipinski definition) is 3. The van der Waals surface area contributed by atoms with Crippen LogP contribution in [0.2, 0.25) is 0 Å². The van der Waals surface area contributed by atoms with E-state index >= 15 is 0 Å². The number of ether oxygens (including phenoxy) is 2. The van der Waals surface area contributed by atoms with Gasteiger partial charge in [-0.2, -0.15) is 0 Å². The van der Waals surface area contributed by atoms with E-state index < -0.39 is 32.7 Å². The lowest BCUT2D eigenvalue weighted by molar-refractivity contribution is -0.183. The predicted octanol–water partition coefficient (Wildman–Crippen LogP) is 8.88. The van der Waals surface area contributed by atoms with Crippen LogP contribution in [0.5, 0.6) is 0 Å². The molecule has 0 aromatic carbocycles. The predicted molar refractivity (Wildman–Crippen MR) is 158 cm³/mol. The van der Waals surface area contributed by atoms with E-state index in [-0.39, 0.29) is 5.44 Å². The fourth-order valence-corrected chi connectivity index (χ4v) is 5.29. The first kappa shape index (κ1) is 36.8. The number of carbonyl (C=O) groups is 1. The van der Waals surface area contributed by atoms with Crippen molar-refractivity contribution in [2.24, 2.45) is 5.92 Å². The Balaban J connectivity index is 4.55. The van der Waals surface area contributed by atoms with Gasteiger partial charge in [0.2, 0.25) is 0 Å². The van der Waals surface area contributed by atoms with E-state index in [4.69, 9.17) is 14.6 Å². The molecule has 0 aliphatic carbocycles. The Morgan fingerprint density at radius 2 is 1.24 bits per heavy atom. The second kappa shape index (κ2) is 24.8. The van der Waals surface area contributed by atoms with Crippen LogP contribution in [0, 0.1) is 5.92 Å². The Hall–Kier alpha value is -0.200. The molecule has 37 heavy (non-hydrogen) atoms. The van der Waals surface area contributed by atoms with Crippen molar-refractivity contribution < 1.29 is 29.0 Å². The summed E-state index contributed by atoms with van der Waals surface area (Å²) < 4.78 is 22.6. The maximum absolute atomic E-state index is 11.2. The van der Waals surface area contributed by atoms with Crippen molar-refractivity contribution in [1.29, 1.82) is 0 Å². The van der Waals surface area contributed by atoms with E-state index in [0.717, 1.165) is 6.42 Å². The molecule has 0 amide bonds. The van der Waals surface area contributed by atoms with Gasteiger partial charge in [0.05, 0.1) is 0 Å². The standard InChI is InChI=1S/C29H57O6PS/c1-4-7-9-11-13-14-16-18-20-22-25(21-19-17-15-12-10-8-5-2)23-27(37)35-26(6-3)34-24-29(32,36-33)28(30)31/h25-27,32,37H,4-24H2,1-3H3,(H,30,31)/p+1. The number of unbranched alkanes of at least 4 members (excludes halogenated alkanes) is 14. The molecule has 2 N–H and O–H groups in total. The summed E-state index contributed by atoms with van der Waals surface area (Å²) in [4.78, 5) is 11.2. The topological polar surface area (TPSA) is 93.1 Å². The number of aliphatic hydroxyl groups is 1. The molecule has 0 heterocycles. The fourth-order valence-electron chi connectivity index (χ4n) is 4.63. The molecular weight excluding hydrogens is 507 g/mol. The molecule has 6 nitrogen and oxygen atoms in total. The third-order valence-electron chi connectivity index (χ3n) is 7.11. The van der Waals surface area contributed by atoms with Crippen LogP contribution in [-0.2, 0) is 18.8 Å². The molecule has 0 aliphatic rings. The smallest absolute Gasteiger partial charge is 0.390 e. The van der Waals surface area contributed by atoms with Crippen molar-refractivity contribution in [3.05, 3.63) is 0 Å². The van der Waals surface area contributed by atoms with Gasteiger partial charge in [-0.3, -0.25) is 0 Å². The zero-order chi connectivity index (χ0) is 27.8. The van der Waals surface area contributed by atoms with E-state index in [0.29, 0.717) is 12.3 Å². The van der Waals surface area contributed by atoms with Gasteiger partial charge in [0.1, 0.15) is 12.0 Å². The number of thiol groups is 1. The van der Waals surface area contributed by atoms with E-state index in [1.165, 1.54) is 116 Å². The van der Waals surface area contributed by atoms with Crippen LogP contribution in [0.25, 0.3) is 0 Å². The lowest BCUT2D eigenvalue weighted by Crippen LogP contribution is -2.39. The quantitative estimate of drug-likeness (QED) is 0.0380. The molecule has 0 rings (SSSR count). The van der Waals surface area contributed by atoms with Gasteiger partial charge < -0.3 is 19.7 Å². The molecular formula is C29H58O6PS+. The van der Waals surface area contributed by atoms with Crippen LogP contribution < -0.4 is 0 Å². The second-order valence-corrected chi connectivity index (χ2v) is 12.2. The molecule has 0 fully saturated rings. The van der Waals surface area contributed by atoms with Crippen LogP contribution in [0.15, 0.2) is 0 Å². The van der Waals surface area contributed by atoms with Crippen molar-refractivity contribution in [1.82, 2.24) is 0 Å². The van der Waals surface area contributed by atoms with Crippen molar-refractivity contribution in [2.75, 3.05) is 6.61 Å². The second-order valence-electron chi connectivity index (χ2n) is 10.6. The lowest BCUT2D eigenvalue weighted by atomic mass is 9.91. The average Bonchev–Trinajstić information content (AvgIpc) is 2.88. The monoisotopic (exact) mass is 565 g/mol. The van der Waals surface area contributed by atoms with E-state index in [2.05, 4.69) is 26.5 Å². The molecule has 0 bridgehead atoms. The molecule has 0 aromatic rings. The van der Waals surface area contributed by atoms with Gasteiger partial charge in [-0.05, 0) is 18.8 Å². The summed E-state index contributed by atoms with van der Waals surface area (Å²) in [5, 5.41) is 16.6. The third-order valence-corrected chi connectivity index (χ3v) is 8.14. The Morgan fingerprint density at radius 3 is 1.62 bits per heavy atom. The van der Waals surface area contributed by atoms with Crippen LogP contribution >= 0.6 is 21.1 Å². The van der Waals surface area contributed by atoms with Crippen LogP contribution in [0.3, 0.4) is 0 Å². The van der Waals surface area contributed by atoms with Gasteiger partial charge in [-0.15, -0.1) is 12.6 Å². The summed E-state index contributed by atoms with van der Waals surface area (Å²) in [5.74, 6) is -1.02. The summed E-state index contributed by atoms with van der Waals surface area (Å²) in [6.07, 6.45) is 24.0. The molecule has 0 radical (unpaired) electrons. The molecule has 0 saturated carbocycles. The molecule has 5 unspecified atom stereocenters. The number of carboxylic acid groups (broad SMARTS) is 1. The maximum atomic E-state index is 11.2. The highest BCUT2D eigenvalue weighted by Gasteiger charge is 2.47. The lowest BCUT2D eigenvalue weighted by Gasteiger charge is -2.25. The number of rotatable bonds is 28. The molecule has 8 heteroatoms. The largest absolute Gasteiger partial charge is 0.476 e. The first-order chi connectivity index (χ1) is 17.8. The number of aliphatic carboxylic acids is 1. The van der Waals surface area contributed by atoms with E-state index in [9.17, 15) is 14.5 Å². The SMILES string of the molecule is CCCCCCCCCCCC(CCCCCCCCC)CC(S)OC(CC)OCC(O)([PH+]=O)C(=O)O. The highest BCUT2D eigenvalue weighted by molar-refractivity contribution is 7.80. The van der Waals surface area contributed by atoms with Crippen LogP contribution in [-0.4, -0.2) is 39.9 Å². The number of hydrogen-bond acceptors (Lipinski definition) is 6. The van der Waals surface area contributed by atoms with E-state index in [1.54, 1.807) is 0 Å². The van der Waals surface area contributed by atoms with Crippen molar-refractivity contribution in [2.45, 2.75) is 166 Å². The zero-order valence-electron chi connectivity index (χ0n) is 24.1. The van der Waals surface area contributed by atoms with Gasteiger partial charge in [0.25, 0.3) is 0 Å². The number of carboxylic acids is 1. The minimum Gasteiger partial charge on any atom is -0.476 e. The van der Waals surface area contributed by atoms with Crippen molar-refractivity contribution in [3.8, 4) is 0 Å². The maximum Gasteiger partial charge on any atom is 0.390 e. The summed E-state index contributed by atoms with van der Waals surface area (Å²) >= 11 is 4.67.